The monoisotopic (exact) mass is 354 g/mol. The zero-order valence-electron chi connectivity index (χ0n) is 16.1. The van der Waals surface area contributed by atoms with Crippen LogP contribution in [0, 0.1) is 0 Å². The highest BCUT2D eigenvalue weighted by Crippen LogP contribution is 2.43. The largest absolute Gasteiger partial charge is 0.359 e. The van der Waals surface area contributed by atoms with Crippen LogP contribution in [0.1, 0.15) is 63.0 Å². The van der Waals surface area contributed by atoms with Crippen LogP contribution >= 0.6 is 0 Å². The number of nitrogens with zero attached hydrogens (tertiary/aromatic N) is 2. The second-order valence-corrected chi connectivity index (χ2v) is 7.42. The van der Waals surface area contributed by atoms with Crippen LogP contribution in [0.15, 0.2) is 45.9 Å². The number of hydrogen-bond donors (Lipinski definition) is 2. The second kappa shape index (κ2) is 8.39. The first-order valence-corrected chi connectivity index (χ1v) is 9.66. The van der Waals surface area contributed by atoms with Crippen LogP contribution in [-0.2, 0) is 12.0 Å². The fourth-order valence-electron chi connectivity index (χ4n) is 3.39. The summed E-state index contributed by atoms with van der Waals surface area (Å²) in [5.74, 6) is 2.00. The minimum atomic E-state index is 0.231. The molecule has 2 N–H and O–H groups in total. The summed E-state index contributed by atoms with van der Waals surface area (Å²) in [6, 6.07) is 12.8. The molecule has 0 unspecified atom stereocenters. The van der Waals surface area contributed by atoms with Gasteiger partial charge in [-0.05, 0) is 31.2 Å². The van der Waals surface area contributed by atoms with E-state index in [2.05, 4.69) is 71.9 Å². The molecule has 140 valence electrons. The van der Waals surface area contributed by atoms with Gasteiger partial charge in [-0.2, -0.15) is 0 Å². The Labute approximate surface area is 156 Å². The molecule has 2 aromatic rings. The van der Waals surface area contributed by atoms with Crippen molar-refractivity contribution >= 4 is 5.96 Å². The molecule has 0 radical (unpaired) electrons. The summed E-state index contributed by atoms with van der Waals surface area (Å²) < 4.78 is 5.39. The van der Waals surface area contributed by atoms with E-state index in [1.54, 1.807) is 0 Å². The summed E-state index contributed by atoms with van der Waals surface area (Å²) in [6.07, 6.45) is 3.74. The van der Waals surface area contributed by atoms with E-state index < -0.39 is 0 Å². The maximum absolute atomic E-state index is 5.39. The van der Waals surface area contributed by atoms with Crippen LogP contribution in [0.2, 0.25) is 0 Å². The number of nitrogens with one attached hydrogen (secondary N) is 2. The standard InChI is InChI=1S/C21H30N4O/c1-4-22-20(23-14-18-13-19(16(2)3)25-26-18)24-15-21(11-8-12-21)17-9-6-5-7-10-17/h5-7,9-10,13,16H,4,8,11-12,14-15H2,1-3H3,(H2,22,23,24). The topological polar surface area (TPSA) is 62.5 Å². The van der Waals surface area contributed by atoms with E-state index in [1.165, 1.54) is 24.8 Å². The first kappa shape index (κ1) is 18.5. The lowest BCUT2D eigenvalue weighted by molar-refractivity contribution is 0.244. The number of guanidine groups is 1. The van der Waals surface area contributed by atoms with Crippen LogP contribution in [0.3, 0.4) is 0 Å². The Morgan fingerprint density at radius 3 is 2.58 bits per heavy atom. The van der Waals surface area contributed by atoms with Crippen molar-refractivity contribution in [1.29, 1.82) is 0 Å². The lowest BCUT2D eigenvalue weighted by atomic mass is 9.64. The number of benzene rings is 1. The normalized spacial score (nSPS) is 16.4. The van der Waals surface area contributed by atoms with Crippen molar-refractivity contribution in [2.75, 3.05) is 13.1 Å². The molecule has 1 aliphatic rings. The van der Waals surface area contributed by atoms with Crippen molar-refractivity contribution in [3.05, 3.63) is 53.4 Å². The molecule has 5 nitrogen and oxygen atoms in total. The number of rotatable bonds is 7. The molecule has 0 atom stereocenters. The van der Waals surface area contributed by atoms with Gasteiger partial charge in [-0.15, -0.1) is 0 Å². The van der Waals surface area contributed by atoms with Gasteiger partial charge in [0.1, 0.15) is 6.54 Å². The molecule has 26 heavy (non-hydrogen) atoms. The third-order valence-electron chi connectivity index (χ3n) is 5.20. The van der Waals surface area contributed by atoms with Crippen LogP contribution in [0.5, 0.6) is 0 Å². The van der Waals surface area contributed by atoms with Crippen molar-refractivity contribution in [1.82, 2.24) is 15.8 Å². The van der Waals surface area contributed by atoms with E-state index in [0.29, 0.717) is 12.5 Å². The zero-order valence-corrected chi connectivity index (χ0v) is 16.1. The molecule has 0 bridgehead atoms. The van der Waals surface area contributed by atoms with Crippen LogP contribution in [0.4, 0.5) is 0 Å². The van der Waals surface area contributed by atoms with Crippen molar-refractivity contribution in [3.8, 4) is 0 Å². The van der Waals surface area contributed by atoms with Gasteiger partial charge >= 0.3 is 0 Å². The van der Waals surface area contributed by atoms with Crippen molar-refractivity contribution in [2.45, 2.75) is 57.9 Å². The van der Waals surface area contributed by atoms with Gasteiger partial charge in [0, 0.05) is 24.6 Å². The van der Waals surface area contributed by atoms with E-state index in [4.69, 9.17) is 4.52 Å². The molecular weight excluding hydrogens is 324 g/mol. The summed E-state index contributed by atoms with van der Waals surface area (Å²) in [5, 5.41) is 11.0. The molecule has 0 spiro atoms. The predicted octanol–water partition coefficient (Wildman–Crippen LogP) is 3.98. The molecule has 0 amide bonds. The number of aliphatic imine (C=N–C) groups is 1. The average molecular weight is 354 g/mol. The van der Waals surface area contributed by atoms with E-state index in [9.17, 15) is 0 Å². The predicted molar refractivity (Wildman–Crippen MR) is 105 cm³/mol. The van der Waals surface area contributed by atoms with E-state index in [-0.39, 0.29) is 5.41 Å². The smallest absolute Gasteiger partial charge is 0.191 e. The quantitative estimate of drug-likeness (QED) is 0.583. The van der Waals surface area contributed by atoms with Gasteiger partial charge in [0.2, 0.25) is 0 Å². The van der Waals surface area contributed by atoms with Crippen LogP contribution in [0.25, 0.3) is 0 Å². The minimum absolute atomic E-state index is 0.231. The molecular formula is C21H30N4O. The van der Waals surface area contributed by atoms with Gasteiger partial charge in [-0.1, -0.05) is 55.8 Å². The highest BCUT2D eigenvalue weighted by molar-refractivity contribution is 5.79. The van der Waals surface area contributed by atoms with Crippen molar-refractivity contribution in [2.24, 2.45) is 4.99 Å². The summed E-state index contributed by atoms with van der Waals surface area (Å²) in [4.78, 5) is 4.67. The van der Waals surface area contributed by atoms with Gasteiger partial charge in [-0.25, -0.2) is 4.99 Å². The molecule has 5 heteroatoms. The fourth-order valence-corrected chi connectivity index (χ4v) is 3.39. The molecule has 0 aliphatic heterocycles. The van der Waals surface area contributed by atoms with Crippen LogP contribution < -0.4 is 10.6 Å². The van der Waals surface area contributed by atoms with Crippen LogP contribution in [-0.4, -0.2) is 24.2 Å². The van der Waals surface area contributed by atoms with E-state index in [1.807, 2.05) is 6.07 Å². The zero-order chi connectivity index (χ0) is 18.4. The van der Waals surface area contributed by atoms with Gasteiger partial charge in [0.05, 0.1) is 5.69 Å². The number of aromatic nitrogens is 1. The maximum Gasteiger partial charge on any atom is 0.191 e. The Balaban J connectivity index is 1.64. The Hall–Kier alpha value is -2.30. The van der Waals surface area contributed by atoms with E-state index in [0.717, 1.165) is 30.5 Å². The lowest BCUT2D eigenvalue weighted by Gasteiger charge is -2.43. The van der Waals surface area contributed by atoms with Gasteiger partial charge in [0.25, 0.3) is 0 Å². The summed E-state index contributed by atoms with van der Waals surface area (Å²) in [5.41, 5.74) is 2.63. The second-order valence-electron chi connectivity index (χ2n) is 7.42. The van der Waals surface area contributed by atoms with Crippen molar-refractivity contribution in [3.63, 3.8) is 0 Å². The van der Waals surface area contributed by atoms with Gasteiger partial charge in [0.15, 0.2) is 11.7 Å². The SMILES string of the molecule is CCNC(=NCc1cc(C(C)C)no1)NCC1(c2ccccc2)CCC1. The first-order valence-electron chi connectivity index (χ1n) is 9.66. The number of hydrogen-bond acceptors (Lipinski definition) is 3. The Kier molecular flexibility index (Phi) is 5.96. The molecule has 3 rings (SSSR count). The molecule has 1 aromatic heterocycles. The summed E-state index contributed by atoms with van der Waals surface area (Å²) >= 11 is 0. The molecule has 1 fully saturated rings. The third-order valence-corrected chi connectivity index (χ3v) is 5.20. The maximum atomic E-state index is 5.39. The molecule has 1 heterocycles. The lowest BCUT2D eigenvalue weighted by Crippen LogP contribution is -2.48. The third kappa shape index (κ3) is 4.26. The van der Waals surface area contributed by atoms with E-state index >= 15 is 0 Å². The molecule has 1 saturated carbocycles. The van der Waals surface area contributed by atoms with Gasteiger partial charge < -0.3 is 15.2 Å². The Morgan fingerprint density at radius 1 is 1.23 bits per heavy atom. The highest BCUT2D eigenvalue weighted by Gasteiger charge is 2.38. The summed E-state index contributed by atoms with van der Waals surface area (Å²) in [6.45, 7) is 8.52. The van der Waals surface area contributed by atoms with Gasteiger partial charge in [-0.3, -0.25) is 0 Å². The first-order chi connectivity index (χ1) is 12.6. The summed E-state index contributed by atoms with van der Waals surface area (Å²) in [7, 11) is 0. The Morgan fingerprint density at radius 2 is 2.00 bits per heavy atom. The molecule has 0 saturated heterocycles. The fraction of sp³-hybridized carbons (Fsp3) is 0.524. The average Bonchev–Trinajstić information content (AvgIpc) is 3.09. The Bertz CT molecular complexity index is 717. The molecule has 1 aromatic carbocycles. The minimum Gasteiger partial charge on any atom is -0.359 e. The molecule has 1 aliphatic carbocycles. The van der Waals surface area contributed by atoms with Crippen molar-refractivity contribution < 1.29 is 4.52 Å². The highest BCUT2D eigenvalue weighted by atomic mass is 16.5.